The first-order chi connectivity index (χ1) is 8.73. The van der Waals surface area contributed by atoms with Crippen molar-refractivity contribution in [2.45, 2.75) is 65.4 Å². The zero-order valence-corrected chi connectivity index (χ0v) is 12.5. The van der Waals surface area contributed by atoms with E-state index in [4.69, 9.17) is 0 Å². The third-order valence-electron chi connectivity index (χ3n) is 4.56. The molecule has 2 heteroatoms. The molecule has 106 valence electrons. The average molecular weight is 264 g/mol. The van der Waals surface area contributed by atoms with Crippen molar-refractivity contribution in [3.63, 3.8) is 0 Å². The van der Waals surface area contributed by atoms with E-state index < -0.39 is 5.60 Å². The zero-order chi connectivity index (χ0) is 14.3. The lowest BCUT2D eigenvalue weighted by atomic mass is 9.81. The van der Waals surface area contributed by atoms with Crippen LogP contribution in [0.25, 0.3) is 0 Å². The fraction of sp³-hybridized carbons (Fsp3) is 0.647. The van der Waals surface area contributed by atoms with Crippen LogP contribution in [0, 0.1) is 25.1 Å². The molecule has 0 heterocycles. The molecule has 1 fully saturated rings. The Labute approximate surface area is 115 Å². The Hall–Kier alpha value is -0.890. The van der Waals surface area contributed by atoms with Gasteiger partial charge in [-0.25, -0.2) is 4.39 Å². The molecule has 0 aromatic heterocycles. The van der Waals surface area contributed by atoms with Crippen molar-refractivity contribution in [1.82, 2.24) is 0 Å². The van der Waals surface area contributed by atoms with Gasteiger partial charge in [0.25, 0.3) is 0 Å². The summed E-state index contributed by atoms with van der Waals surface area (Å²) >= 11 is 0. The highest BCUT2D eigenvalue weighted by molar-refractivity contribution is 5.36. The van der Waals surface area contributed by atoms with Crippen LogP contribution in [0.2, 0.25) is 0 Å². The van der Waals surface area contributed by atoms with Gasteiger partial charge in [0.2, 0.25) is 0 Å². The van der Waals surface area contributed by atoms with Crippen LogP contribution in [0.4, 0.5) is 4.39 Å². The molecule has 0 amide bonds. The summed E-state index contributed by atoms with van der Waals surface area (Å²) in [5, 5.41) is 11.0. The lowest BCUT2D eigenvalue weighted by molar-refractivity contribution is 0.0140. The van der Waals surface area contributed by atoms with E-state index in [2.05, 4.69) is 13.8 Å². The molecule has 1 saturated carbocycles. The molecule has 1 aliphatic rings. The highest BCUT2D eigenvalue weighted by atomic mass is 19.1. The molecule has 1 unspecified atom stereocenters. The fourth-order valence-corrected chi connectivity index (χ4v) is 3.41. The van der Waals surface area contributed by atoms with E-state index in [1.807, 2.05) is 19.9 Å². The molecule has 1 N–H and O–H groups in total. The number of rotatable bonds is 1. The van der Waals surface area contributed by atoms with Gasteiger partial charge in [-0.2, -0.15) is 0 Å². The number of hydrogen-bond acceptors (Lipinski definition) is 1. The Morgan fingerprint density at radius 1 is 1.05 bits per heavy atom. The second kappa shape index (κ2) is 4.90. The van der Waals surface area contributed by atoms with Gasteiger partial charge in [-0.05, 0) is 68.6 Å². The Morgan fingerprint density at radius 3 is 2.37 bits per heavy atom. The SMILES string of the molecule is Cc1cc(C)c(C2(O)CCCC(C)(C)CC2)c(F)c1. The van der Waals surface area contributed by atoms with Gasteiger partial charge in [-0.1, -0.05) is 19.9 Å². The van der Waals surface area contributed by atoms with Gasteiger partial charge < -0.3 is 5.11 Å². The maximum Gasteiger partial charge on any atom is 0.129 e. The Bertz CT molecular complexity index is 455. The van der Waals surface area contributed by atoms with Crippen LogP contribution in [0.5, 0.6) is 0 Å². The van der Waals surface area contributed by atoms with Crippen molar-refractivity contribution in [1.29, 1.82) is 0 Å². The first-order valence-electron chi connectivity index (χ1n) is 7.23. The Kier molecular flexibility index (Phi) is 3.74. The van der Waals surface area contributed by atoms with Crippen LogP contribution in [-0.4, -0.2) is 5.11 Å². The minimum absolute atomic E-state index is 0.250. The average Bonchev–Trinajstić information content (AvgIpc) is 2.37. The van der Waals surface area contributed by atoms with E-state index in [1.165, 1.54) is 6.07 Å². The number of aryl methyl sites for hydroxylation is 2. The summed E-state index contributed by atoms with van der Waals surface area (Å²) < 4.78 is 14.3. The summed E-state index contributed by atoms with van der Waals surface area (Å²) in [6.45, 7) is 8.26. The molecule has 0 saturated heterocycles. The second-order valence-corrected chi connectivity index (χ2v) is 6.99. The van der Waals surface area contributed by atoms with Crippen molar-refractivity contribution in [2.75, 3.05) is 0 Å². The molecule has 1 aromatic rings. The van der Waals surface area contributed by atoms with Gasteiger partial charge >= 0.3 is 0 Å². The van der Waals surface area contributed by atoms with Crippen molar-refractivity contribution in [3.8, 4) is 0 Å². The maximum atomic E-state index is 14.3. The standard InChI is InChI=1S/C17H25FO/c1-12-10-13(2)15(14(18)11-12)17(19)7-5-6-16(3,4)8-9-17/h10-11,19H,5-9H2,1-4H3. The summed E-state index contributed by atoms with van der Waals surface area (Å²) in [5.74, 6) is -0.250. The van der Waals surface area contributed by atoms with Gasteiger partial charge in [0.15, 0.2) is 0 Å². The highest BCUT2D eigenvalue weighted by Gasteiger charge is 2.37. The predicted octanol–water partition coefficient (Wildman–Crippen LogP) is 4.62. The minimum atomic E-state index is -0.990. The van der Waals surface area contributed by atoms with Gasteiger partial charge in [0.05, 0.1) is 5.60 Å². The fourth-order valence-electron chi connectivity index (χ4n) is 3.41. The molecule has 1 aliphatic carbocycles. The van der Waals surface area contributed by atoms with Crippen molar-refractivity contribution in [2.24, 2.45) is 5.41 Å². The summed E-state index contributed by atoms with van der Waals surface area (Å²) in [7, 11) is 0. The van der Waals surface area contributed by atoms with Gasteiger partial charge in [0, 0.05) is 5.56 Å². The molecule has 19 heavy (non-hydrogen) atoms. The van der Waals surface area contributed by atoms with E-state index in [9.17, 15) is 9.50 Å². The summed E-state index contributed by atoms with van der Waals surface area (Å²) in [5.41, 5.74) is 1.57. The molecule has 0 aliphatic heterocycles. The lowest BCUT2D eigenvalue weighted by Gasteiger charge is -2.30. The normalized spacial score (nSPS) is 27.1. The monoisotopic (exact) mass is 264 g/mol. The molecule has 1 atom stereocenters. The van der Waals surface area contributed by atoms with E-state index >= 15 is 0 Å². The molecule has 1 aromatic carbocycles. The van der Waals surface area contributed by atoms with Crippen molar-refractivity contribution >= 4 is 0 Å². The van der Waals surface area contributed by atoms with E-state index in [1.54, 1.807) is 0 Å². The molecule has 2 rings (SSSR count). The van der Waals surface area contributed by atoms with Crippen molar-refractivity contribution < 1.29 is 9.50 Å². The van der Waals surface area contributed by atoms with Gasteiger partial charge in [0.1, 0.15) is 5.82 Å². The Balaban J connectivity index is 2.40. The first-order valence-corrected chi connectivity index (χ1v) is 7.23. The molecular weight excluding hydrogens is 239 g/mol. The predicted molar refractivity (Wildman–Crippen MR) is 76.6 cm³/mol. The summed E-state index contributed by atoms with van der Waals surface area (Å²) in [6, 6.07) is 3.50. The number of hydrogen-bond donors (Lipinski definition) is 1. The molecular formula is C17H25FO. The largest absolute Gasteiger partial charge is 0.385 e. The van der Waals surface area contributed by atoms with E-state index in [0.717, 1.165) is 30.4 Å². The minimum Gasteiger partial charge on any atom is -0.385 e. The first kappa shape index (κ1) is 14.5. The second-order valence-electron chi connectivity index (χ2n) is 6.99. The molecule has 0 bridgehead atoms. The van der Waals surface area contributed by atoms with Crippen LogP contribution in [0.15, 0.2) is 12.1 Å². The van der Waals surface area contributed by atoms with Gasteiger partial charge in [-0.15, -0.1) is 0 Å². The number of aliphatic hydroxyl groups is 1. The Morgan fingerprint density at radius 2 is 1.74 bits per heavy atom. The third kappa shape index (κ3) is 3.00. The van der Waals surface area contributed by atoms with E-state index in [0.29, 0.717) is 18.4 Å². The summed E-state index contributed by atoms with van der Waals surface area (Å²) in [6.07, 6.45) is 4.31. The third-order valence-corrected chi connectivity index (χ3v) is 4.56. The van der Waals surface area contributed by atoms with Crippen LogP contribution < -0.4 is 0 Å². The van der Waals surface area contributed by atoms with E-state index in [-0.39, 0.29) is 11.2 Å². The maximum absolute atomic E-state index is 14.3. The number of benzene rings is 1. The summed E-state index contributed by atoms with van der Waals surface area (Å²) in [4.78, 5) is 0. The van der Waals surface area contributed by atoms with Crippen molar-refractivity contribution in [3.05, 3.63) is 34.6 Å². The van der Waals surface area contributed by atoms with Crippen LogP contribution >= 0.6 is 0 Å². The lowest BCUT2D eigenvalue weighted by Crippen LogP contribution is -2.28. The molecule has 1 nitrogen and oxygen atoms in total. The highest BCUT2D eigenvalue weighted by Crippen LogP contribution is 2.44. The quantitative estimate of drug-likeness (QED) is 0.734. The number of halogens is 1. The van der Waals surface area contributed by atoms with Gasteiger partial charge in [-0.3, -0.25) is 0 Å². The zero-order valence-electron chi connectivity index (χ0n) is 12.5. The molecule has 0 spiro atoms. The smallest absolute Gasteiger partial charge is 0.129 e. The topological polar surface area (TPSA) is 20.2 Å². The van der Waals surface area contributed by atoms with Crippen LogP contribution in [0.1, 0.15) is 62.6 Å². The van der Waals surface area contributed by atoms with Crippen LogP contribution in [0.3, 0.4) is 0 Å². The molecule has 0 radical (unpaired) electrons. The van der Waals surface area contributed by atoms with Crippen LogP contribution in [-0.2, 0) is 5.60 Å².